The molecule has 0 fully saturated rings. The highest BCUT2D eigenvalue weighted by Gasteiger charge is 2.27. The van der Waals surface area contributed by atoms with Crippen LogP contribution in [-0.4, -0.2) is 0 Å². The standard InChI is InChI=1S/C15H10Br6/c16-14(17,18)12-7-3-1-5-10(12)9-11-6-2-4-8-13(11)15(19,20)21/h1-8H,9H2. The largest absolute Gasteiger partial charge is 0.160 e. The Bertz CT molecular complexity index is 569. The Morgan fingerprint density at radius 1 is 0.571 bits per heavy atom. The van der Waals surface area contributed by atoms with E-state index in [-0.39, 0.29) is 0 Å². The van der Waals surface area contributed by atoms with E-state index in [4.69, 9.17) is 0 Å². The van der Waals surface area contributed by atoms with Gasteiger partial charge in [0, 0.05) is 0 Å². The number of hydrogen-bond acceptors (Lipinski definition) is 0. The van der Waals surface area contributed by atoms with Crippen LogP contribution in [0.1, 0.15) is 22.3 Å². The summed E-state index contributed by atoms with van der Waals surface area (Å²) in [5.41, 5.74) is 4.80. The van der Waals surface area contributed by atoms with Gasteiger partial charge in [0.05, 0.1) is 0 Å². The first-order chi connectivity index (χ1) is 9.69. The first kappa shape index (κ1) is 18.7. The Balaban J connectivity index is 2.45. The number of rotatable bonds is 2. The molecule has 0 aromatic heterocycles. The second-order valence-corrected chi connectivity index (χ2v) is 18.0. The molecule has 0 atom stereocenters. The van der Waals surface area contributed by atoms with Gasteiger partial charge in [-0.1, -0.05) is 144 Å². The van der Waals surface area contributed by atoms with Gasteiger partial charge >= 0.3 is 0 Å². The summed E-state index contributed by atoms with van der Waals surface area (Å²) in [6, 6.07) is 16.7. The summed E-state index contributed by atoms with van der Waals surface area (Å²) in [5, 5.41) is 0. The summed E-state index contributed by atoms with van der Waals surface area (Å²) in [7, 11) is 0. The van der Waals surface area contributed by atoms with E-state index >= 15 is 0 Å². The predicted octanol–water partition coefficient (Wildman–Crippen LogP) is 7.87. The third-order valence-corrected chi connectivity index (χ3v) is 5.59. The van der Waals surface area contributed by atoms with Crippen LogP contribution in [0.25, 0.3) is 0 Å². The average Bonchev–Trinajstić information content (AvgIpc) is 2.37. The minimum absolute atomic E-state index is 0.410. The summed E-state index contributed by atoms with van der Waals surface area (Å²) in [4.78, 5) is 0. The van der Waals surface area contributed by atoms with Gasteiger partial charge in [-0.3, -0.25) is 0 Å². The fourth-order valence-corrected chi connectivity index (χ4v) is 4.43. The van der Waals surface area contributed by atoms with Crippen LogP contribution in [0.2, 0.25) is 0 Å². The van der Waals surface area contributed by atoms with Crippen LogP contribution in [-0.2, 0) is 10.7 Å². The molecule has 2 aromatic carbocycles. The normalized spacial score (nSPS) is 12.5. The smallest absolute Gasteiger partial charge is 0.0620 e. The van der Waals surface area contributed by atoms with E-state index in [1.54, 1.807) is 0 Å². The first-order valence-electron chi connectivity index (χ1n) is 6.00. The Morgan fingerprint density at radius 3 is 1.24 bits per heavy atom. The molecular formula is C15H10Br6. The Hall–Kier alpha value is 1.32. The summed E-state index contributed by atoms with van der Waals surface area (Å²) in [5.74, 6) is 0. The minimum atomic E-state index is -0.410. The van der Waals surface area contributed by atoms with Crippen LogP contribution in [0.5, 0.6) is 0 Å². The van der Waals surface area contributed by atoms with Crippen molar-refractivity contribution in [3.63, 3.8) is 0 Å². The van der Waals surface area contributed by atoms with Gasteiger partial charge in [-0.15, -0.1) is 0 Å². The molecule has 0 aliphatic rings. The van der Waals surface area contributed by atoms with Crippen molar-refractivity contribution in [2.75, 3.05) is 0 Å². The topological polar surface area (TPSA) is 0 Å². The Kier molecular flexibility index (Phi) is 6.64. The van der Waals surface area contributed by atoms with E-state index in [2.05, 4.69) is 132 Å². The molecule has 0 amide bonds. The number of hydrogen-bond donors (Lipinski definition) is 0. The highest BCUT2D eigenvalue weighted by molar-refractivity contribution is 9.39. The van der Waals surface area contributed by atoms with Crippen molar-refractivity contribution >= 4 is 95.6 Å². The molecule has 0 unspecified atom stereocenters. The van der Waals surface area contributed by atoms with E-state index in [1.807, 2.05) is 12.1 Å². The van der Waals surface area contributed by atoms with Crippen molar-refractivity contribution in [1.29, 1.82) is 0 Å². The van der Waals surface area contributed by atoms with Crippen molar-refractivity contribution in [2.45, 2.75) is 10.7 Å². The molecule has 2 rings (SSSR count). The zero-order valence-electron chi connectivity index (χ0n) is 10.6. The third kappa shape index (κ3) is 5.15. The summed E-state index contributed by atoms with van der Waals surface area (Å²) >= 11 is 21.7. The first-order valence-corrected chi connectivity index (χ1v) is 10.8. The second-order valence-electron chi connectivity index (χ2n) is 4.49. The lowest BCUT2D eigenvalue weighted by atomic mass is 9.97. The van der Waals surface area contributed by atoms with Crippen LogP contribution < -0.4 is 0 Å². The van der Waals surface area contributed by atoms with Crippen molar-refractivity contribution in [3.8, 4) is 0 Å². The van der Waals surface area contributed by atoms with E-state index in [0.717, 1.165) is 17.5 Å². The maximum Gasteiger partial charge on any atom is 0.160 e. The van der Waals surface area contributed by atoms with Crippen molar-refractivity contribution in [2.24, 2.45) is 0 Å². The number of benzene rings is 2. The molecule has 0 spiro atoms. The highest BCUT2D eigenvalue weighted by atomic mass is 80.0. The van der Waals surface area contributed by atoms with E-state index in [9.17, 15) is 0 Å². The summed E-state index contributed by atoms with van der Waals surface area (Å²) in [6.07, 6.45) is 0.835. The zero-order valence-corrected chi connectivity index (χ0v) is 20.1. The summed E-state index contributed by atoms with van der Waals surface area (Å²) < 4.78 is -0.820. The van der Waals surface area contributed by atoms with Crippen LogP contribution in [0.15, 0.2) is 48.5 Å². The fourth-order valence-electron chi connectivity index (χ4n) is 2.11. The van der Waals surface area contributed by atoms with Gasteiger partial charge in [0.15, 0.2) is 4.29 Å². The van der Waals surface area contributed by atoms with E-state index in [0.29, 0.717) is 0 Å². The van der Waals surface area contributed by atoms with Crippen LogP contribution in [0.4, 0.5) is 0 Å². The lowest BCUT2D eigenvalue weighted by molar-refractivity contribution is 1.10. The molecule has 21 heavy (non-hydrogen) atoms. The molecule has 0 saturated heterocycles. The molecule has 0 bridgehead atoms. The van der Waals surface area contributed by atoms with Gasteiger partial charge in [0.2, 0.25) is 0 Å². The molecule has 0 radical (unpaired) electrons. The van der Waals surface area contributed by atoms with Gasteiger partial charge in [-0.25, -0.2) is 0 Å². The van der Waals surface area contributed by atoms with Crippen LogP contribution in [0, 0.1) is 0 Å². The lowest BCUT2D eigenvalue weighted by Gasteiger charge is -2.21. The molecular weight excluding hydrogens is 660 g/mol. The van der Waals surface area contributed by atoms with Crippen molar-refractivity contribution in [1.82, 2.24) is 0 Å². The third-order valence-electron chi connectivity index (χ3n) is 3.03. The highest BCUT2D eigenvalue weighted by Crippen LogP contribution is 2.48. The molecule has 0 nitrogen and oxygen atoms in total. The van der Waals surface area contributed by atoms with Crippen LogP contribution in [0.3, 0.4) is 0 Å². The monoisotopic (exact) mass is 664 g/mol. The molecule has 0 heterocycles. The molecule has 2 aromatic rings. The maximum atomic E-state index is 3.61. The van der Waals surface area contributed by atoms with Gasteiger partial charge in [-0.05, 0) is 28.7 Å². The fraction of sp³-hybridized carbons (Fsp3) is 0.200. The molecule has 6 heteroatoms. The Morgan fingerprint density at radius 2 is 0.905 bits per heavy atom. The van der Waals surface area contributed by atoms with E-state index in [1.165, 1.54) is 11.1 Å². The van der Waals surface area contributed by atoms with Crippen molar-refractivity contribution in [3.05, 3.63) is 70.8 Å². The van der Waals surface area contributed by atoms with E-state index < -0.39 is 4.29 Å². The molecule has 0 N–H and O–H groups in total. The average molecular weight is 670 g/mol. The van der Waals surface area contributed by atoms with Crippen molar-refractivity contribution < 1.29 is 0 Å². The molecule has 0 saturated carbocycles. The SMILES string of the molecule is BrC(Br)(Br)c1ccccc1Cc1ccccc1C(Br)(Br)Br. The van der Waals surface area contributed by atoms with Gasteiger partial charge in [0.1, 0.15) is 0 Å². The summed E-state index contributed by atoms with van der Waals surface area (Å²) in [6.45, 7) is 0. The van der Waals surface area contributed by atoms with Gasteiger partial charge < -0.3 is 0 Å². The number of halogens is 6. The minimum Gasteiger partial charge on any atom is -0.0620 e. The van der Waals surface area contributed by atoms with Gasteiger partial charge in [-0.2, -0.15) is 0 Å². The zero-order chi connectivity index (χ0) is 15.7. The quantitative estimate of drug-likeness (QED) is 0.286. The second kappa shape index (κ2) is 7.47. The molecule has 0 aliphatic carbocycles. The predicted molar refractivity (Wildman–Crippen MR) is 113 cm³/mol. The lowest BCUT2D eigenvalue weighted by Crippen LogP contribution is -2.08. The van der Waals surface area contributed by atoms with Gasteiger partial charge in [0.25, 0.3) is 0 Å². The maximum absolute atomic E-state index is 3.61. The molecule has 112 valence electrons. The number of alkyl halides is 6. The Labute approximate surface area is 175 Å². The van der Waals surface area contributed by atoms with Crippen LogP contribution >= 0.6 is 95.6 Å². The molecule has 0 aliphatic heterocycles.